The Balaban J connectivity index is 1.97. The molecular weight excluding hydrogens is 412 g/mol. The van der Waals surface area contributed by atoms with Crippen LogP contribution in [0.25, 0.3) is 0 Å². The second-order valence-electron chi connectivity index (χ2n) is 6.66. The second-order valence-corrected chi connectivity index (χ2v) is 9.03. The number of benzene rings is 2. The van der Waals surface area contributed by atoms with Gasteiger partial charge in [0.2, 0.25) is 0 Å². The van der Waals surface area contributed by atoms with Crippen LogP contribution in [0.15, 0.2) is 53.6 Å². The Hall–Kier alpha value is -2.84. The number of anilines is 2. The van der Waals surface area contributed by atoms with Crippen LogP contribution in [0.5, 0.6) is 0 Å². The van der Waals surface area contributed by atoms with Crippen molar-refractivity contribution in [2.75, 3.05) is 16.7 Å². The van der Waals surface area contributed by atoms with Gasteiger partial charge >= 0.3 is 0 Å². The molecule has 0 radical (unpaired) electrons. The summed E-state index contributed by atoms with van der Waals surface area (Å²) in [7, 11) is -0.896. The normalized spacial score (nSPS) is 11.3. The van der Waals surface area contributed by atoms with Gasteiger partial charge in [0.05, 0.1) is 11.1 Å². The number of carbonyl (C=O) groups excluding carboxylic acids is 1. The molecule has 0 fully saturated rings. The Labute approximate surface area is 175 Å². The summed E-state index contributed by atoms with van der Waals surface area (Å²) in [5, 5.41) is 7.38. The number of sulfonamides is 1. The van der Waals surface area contributed by atoms with E-state index < -0.39 is 15.9 Å². The van der Waals surface area contributed by atoms with Crippen molar-refractivity contribution in [2.45, 2.75) is 18.7 Å². The summed E-state index contributed by atoms with van der Waals surface area (Å²) in [6.45, 7) is 3.66. The molecule has 152 valence electrons. The van der Waals surface area contributed by atoms with E-state index in [4.69, 9.17) is 11.6 Å². The molecule has 0 saturated carbocycles. The minimum absolute atomic E-state index is 0.129. The monoisotopic (exact) mass is 432 g/mol. The molecule has 3 rings (SSSR count). The maximum Gasteiger partial charge on any atom is 0.265 e. The van der Waals surface area contributed by atoms with Gasteiger partial charge in [0.25, 0.3) is 15.9 Å². The first-order chi connectivity index (χ1) is 13.6. The molecule has 0 aliphatic carbocycles. The number of hydrogen-bond acceptors (Lipinski definition) is 4. The predicted octanol–water partition coefficient (Wildman–Crippen LogP) is 3.77. The molecule has 0 atom stereocenters. The van der Waals surface area contributed by atoms with Gasteiger partial charge in [-0.15, -0.1) is 0 Å². The minimum atomic E-state index is -3.87. The van der Waals surface area contributed by atoms with Crippen LogP contribution in [0.3, 0.4) is 0 Å². The van der Waals surface area contributed by atoms with Gasteiger partial charge in [-0.2, -0.15) is 5.10 Å². The van der Waals surface area contributed by atoms with Crippen molar-refractivity contribution < 1.29 is 13.2 Å². The molecule has 1 amide bonds. The lowest BCUT2D eigenvalue weighted by Gasteiger charge is -2.21. The van der Waals surface area contributed by atoms with Gasteiger partial charge in [-0.1, -0.05) is 35.4 Å². The maximum atomic E-state index is 13.1. The molecule has 0 spiro atoms. The van der Waals surface area contributed by atoms with Crippen LogP contribution in [0, 0.1) is 13.8 Å². The van der Waals surface area contributed by atoms with Crippen LogP contribution in [-0.4, -0.2) is 31.2 Å². The van der Waals surface area contributed by atoms with E-state index in [1.807, 2.05) is 6.92 Å². The number of nitrogens with zero attached hydrogens (tertiary/aromatic N) is 3. The Morgan fingerprint density at radius 2 is 1.79 bits per heavy atom. The molecule has 0 unspecified atom stereocenters. The number of carbonyl (C=O) groups is 1. The van der Waals surface area contributed by atoms with Crippen molar-refractivity contribution in [1.82, 2.24) is 9.78 Å². The van der Waals surface area contributed by atoms with Crippen molar-refractivity contribution in [3.8, 4) is 0 Å². The van der Waals surface area contributed by atoms with Crippen LogP contribution >= 0.6 is 11.6 Å². The molecule has 7 nitrogen and oxygen atoms in total. The average Bonchev–Trinajstić information content (AvgIpc) is 3.06. The lowest BCUT2D eigenvalue weighted by molar-refractivity contribution is 0.102. The zero-order chi connectivity index (χ0) is 21.3. The first-order valence-corrected chi connectivity index (χ1v) is 10.6. The zero-order valence-electron chi connectivity index (χ0n) is 16.5. The van der Waals surface area contributed by atoms with E-state index >= 15 is 0 Å². The molecule has 1 heterocycles. The lowest BCUT2D eigenvalue weighted by Crippen LogP contribution is -2.30. The van der Waals surface area contributed by atoms with Crippen molar-refractivity contribution in [2.24, 2.45) is 7.05 Å². The topological polar surface area (TPSA) is 84.3 Å². The molecule has 29 heavy (non-hydrogen) atoms. The van der Waals surface area contributed by atoms with Crippen LogP contribution in [-0.2, 0) is 17.1 Å². The molecule has 2 aromatic carbocycles. The molecule has 1 aromatic heterocycles. The summed E-state index contributed by atoms with van der Waals surface area (Å²) < 4.78 is 28.5. The molecule has 3 aromatic rings. The third-order valence-corrected chi connectivity index (χ3v) is 6.82. The third kappa shape index (κ3) is 3.99. The minimum Gasteiger partial charge on any atom is -0.322 e. The Bertz CT molecular complexity index is 1170. The summed E-state index contributed by atoms with van der Waals surface area (Å²) in [4.78, 5) is 13.0. The van der Waals surface area contributed by atoms with Crippen LogP contribution < -0.4 is 9.62 Å². The van der Waals surface area contributed by atoms with Crippen molar-refractivity contribution in [1.29, 1.82) is 0 Å². The van der Waals surface area contributed by atoms with Gasteiger partial charge in [0, 0.05) is 24.8 Å². The lowest BCUT2D eigenvalue weighted by atomic mass is 10.2. The summed E-state index contributed by atoms with van der Waals surface area (Å²) in [5.74, 6) is -0.327. The van der Waals surface area contributed by atoms with Gasteiger partial charge in [0.15, 0.2) is 5.82 Å². The highest BCUT2D eigenvalue weighted by atomic mass is 35.5. The van der Waals surface area contributed by atoms with E-state index in [1.165, 1.54) is 30.1 Å². The number of aryl methyl sites for hydroxylation is 2. The number of hydrogen-bond donors (Lipinski definition) is 1. The SMILES string of the molecule is Cc1ccc(S(=O)(=O)N(C)c2c(C(=O)Nc3cccc(Cl)c3C)cnn2C)cc1. The molecule has 9 heteroatoms. The van der Waals surface area contributed by atoms with Crippen molar-refractivity contribution in [3.63, 3.8) is 0 Å². The average molecular weight is 433 g/mol. The van der Waals surface area contributed by atoms with E-state index in [-0.39, 0.29) is 16.3 Å². The van der Waals surface area contributed by atoms with E-state index in [2.05, 4.69) is 10.4 Å². The molecule has 0 saturated heterocycles. The quantitative estimate of drug-likeness (QED) is 0.665. The second kappa shape index (κ2) is 7.88. The number of nitrogens with one attached hydrogen (secondary N) is 1. The molecule has 1 N–H and O–H groups in total. The van der Waals surface area contributed by atoms with Gasteiger partial charge in [-0.05, 0) is 43.7 Å². The third-order valence-electron chi connectivity index (χ3n) is 4.65. The molecule has 0 aliphatic rings. The van der Waals surface area contributed by atoms with E-state index in [1.54, 1.807) is 44.3 Å². The largest absolute Gasteiger partial charge is 0.322 e. The smallest absolute Gasteiger partial charge is 0.265 e. The first kappa shape index (κ1) is 20.9. The van der Waals surface area contributed by atoms with Crippen LogP contribution in [0.2, 0.25) is 5.02 Å². The number of rotatable bonds is 5. The fourth-order valence-electron chi connectivity index (χ4n) is 2.88. The predicted molar refractivity (Wildman–Crippen MR) is 114 cm³/mol. The molecule has 0 bridgehead atoms. The van der Waals surface area contributed by atoms with E-state index in [0.29, 0.717) is 16.3 Å². The zero-order valence-corrected chi connectivity index (χ0v) is 18.0. The first-order valence-electron chi connectivity index (χ1n) is 8.77. The van der Waals surface area contributed by atoms with Crippen molar-refractivity contribution >= 4 is 39.0 Å². The van der Waals surface area contributed by atoms with Crippen molar-refractivity contribution in [3.05, 3.63) is 70.4 Å². The Kier molecular flexibility index (Phi) is 5.68. The number of halogens is 1. The maximum absolute atomic E-state index is 13.1. The highest BCUT2D eigenvalue weighted by Crippen LogP contribution is 2.28. The summed E-state index contributed by atoms with van der Waals surface area (Å²) in [5.41, 5.74) is 2.34. The fraction of sp³-hybridized carbons (Fsp3) is 0.200. The van der Waals surface area contributed by atoms with Gasteiger partial charge in [0.1, 0.15) is 5.56 Å². The molecular formula is C20H21ClN4O3S. The van der Waals surface area contributed by atoms with Crippen LogP contribution in [0.1, 0.15) is 21.5 Å². The van der Waals surface area contributed by atoms with E-state index in [9.17, 15) is 13.2 Å². The standard InChI is InChI=1S/C20H21ClN4O3S/c1-13-8-10-15(11-9-13)29(27,28)25(4)20-16(12-22-24(20)3)19(26)23-18-7-5-6-17(21)14(18)2/h5-12H,1-4H3,(H,23,26). The number of aromatic nitrogens is 2. The fourth-order valence-corrected chi connectivity index (χ4v) is 4.29. The summed E-state index contributed by atoms with van der Waals surface area (Å²) in [6, 6.07) is 11.7. The van der Waals surface area contributed by atoms with Gasteiger partial charge < -0.3 is 5.32 Å². The van der Waals surface area contributed by atoms with Gasteiger partial charge in [-0.25, -0.2) is 8.42 Å². The summed E-state index contributed by atoms with van der Waals surface area (Å²) >= 11 is 6.11. The van der Waals surface area contributed by atoms with Gasteiger partial charge in [-0.3, -0.25) is 13.8 Å². The highest BCUT2D eigenvalue weighted by molar-refractivity contribution is 7.92. The van der Waals surface area contributed by atoms with Crippen LogP contribution in [0.4, 0.5) is 11.5 Å². The van der Waals surface area contributed by atoms with E-state index in [0.717, 1.165) is 9.87 Å². The summed E-state index contributed by atoms with van der Waals surface area (Å²) in [6.07, 6.45) is 1.34. The Morgan fingerprint density at radius 1 is 1.14 bits per heavy atom. The molecule has 0 aliphatic heterocycles. The number of amides is 1. The highest BCUT2D eigenvalue weighted by Gasteiger charge is 2.28. The Morgan fingerprint density at radius 3 is 2.45 bits per heavy atom.